The Hall–Kier alpha value is -6.52. The van der Waals surface area contributed by atoms with Gasteiger partial charge in [0.25, 0.3) is 0 Å². The predicted molar refractivity (Wildman–Crippen MR) is 255 cm³/mol. The zero-order valence-electron chi connectivity index (χ0n) is 69.6. The monoisotopic (exact) mass is 811 g/mol. The summed E-state index contributed by atoms with van der Waals surface area (Å²) < 4.78 is 378. The van der Waals surface area contributed by atoms with Crippen molar-refractivity contribution in [1.82, 2.24) is 0 Å². The van der Waals surface area contributed by atoms with E-state index in [9.17, 15) is 35.6 Å². The first-order chi connectivity index (χ1) is 45.3. The molecule has 0 fully saturated rings. The van der Waals surface area contributed by atoms with E-state index in [4.69, 9.17) is 19.2 Å². The zero-order chi connectivity index (χ0) is 73.8. The third-order valence-corrected chi connectivity index (χ3v) is 17.9. The summed E-state index contributed by atoms with van der Waals surface area (Å²) in [6.07, 6.45) is 0. The van der Waals surface area contributed by atoms with Crippen LogP contribution < -0.4 is 57.9 Å². The van der Waals surface area contributed by atoms with Gasteiger partial charge in [0, 0.05) is 0 Å². The summed E-state index contributed by atoms with van der Waals surface area (Å²) in [5.74, 6) is 0. The molecule has 1 aliphatic rings. The van der Waals surface area contributed by atoms with Crippen LogP contribution >= 0.6 is 0 Å². The SMILES string of the molecule is [2H]c1c([2H])c([2H])c([Si](c2c([2H])c([2H])c([2H])c([2H])c2[2H])(c2c([2H])c([2H])c([2H])c([2H])c2[2H])c2c([2H])c([2H])c([2H])c(-c3c([2H])c([2H])c([2H])c([2H])c3B3c4c([2H])c([2H])c([2H])c([2H])c4[Si](c4c([2H])c([2H])c([2H])c([2H])c4[2H])(c4c([2H])c([2H])c([2H])c(C)c4[2H])c4c([2H])c([2H])c([2H])c([2H])c43)c2[2H])c([2H])c1[2H]. The van der Waals surface area contributed by atoms with Crippen LogP contribution in [0.15, 0.2) is 242 Å². The lowest BCUT2D eigenvalue weighted by molar-refractivity contribution is 1.49. The number of benzene rings is 9. The van der Waals surface area contributed by atoms with Gasteiger partial charge in [-0.2, -0.15) is 0 Å². The molecule has 58 heavy (non-hydrogen) atoms. The Kier molecular flexibility index (Phi) is 3.38. The Bertz CT molecular complexity index is 4750. The molecule has 0 atom stereocenters. The highest BCUT2D eigenvalue weighted by Crippen LogP contribution is 2.21. The minimum atomic E-state index is -6.77. The van der Waals surface area contributed by atoms with E-state index < -0.39 is 339 Å². The van der Waals surface area contributed by atoms with Crippen LogP contribution in [-0.2, 0) is 0 Å². The Labute approximate surface area is 401 Å². The molecule has 0 bridgehead atoms. The van der Waals surface area contributed by atoms with Crippen molar-refractivity contribution in [2.24, 2.45) is 0 Å². The van der Waals surface area contributed by atoms with E-state index in [0.717, 1.165) is 6.92 Å². The van der Waals surface area contributed by atoms with Crippen molar-refractivity contribution in [1.29, 1.82) is 0 Å². The topological polar surface area (TPSA) is 0 Å². The van der Waals surface area contributed by atoms with Gasteiger partial charge in [-0.15, -0.1) is 0 Å². The molecule has 0 amide bonds. The highest BCUT2D eigenvalue weighted by molar-refractivity contribution is 7.26. The molecule has 0 saturated heterocycles. The highest BCUT2D eigenvalue weighted by Gasteiger charge is 2.50. The van der Waals surface area contributed by atoms with Crippen molar-refractivity contribution in [2.45, 2.75) is 6.92 Å². The van der Waals surface area contributed by atoms with Gasteiger partial charge in [0.05, 0.1) is 54.8 Å². The van der Waals surface area contributed by atoms with Gasteiger partial charge in [-0.1, -0.05) is 264 Å². The van der Waals surface area contributed by atoms with Gasteiger partial charge in [0.15, 0.2) is 16.1 Å². The number of rotatable bonds is 8. The molecule has 0 spiro atoms. The second-order valence-electron chi connectivity index (χ2n) is 12.5. The molecule has 9 aromatic carbocycles. The van der Waals surface area contributed by atoms with Crippen LogP contribution in [0.2, 0.25) is 0 Å². The maximum atomic E-state index is 10.7. The Morgan fingerprint density at radius 1 is 0.379 bits per heavy atom. The largest absolute Gasteiger partial charge is 0.241 e. The fourth-order valence-electron chi connectivity index (χ4n) is 7.37. The lowest BCUT2D eigenvalue weighted by Gasteiger charge is -2.43. The van der Waals surface area contributed by atoms with Crippen LogP contribution in [-0.4, -0.2) is 22.9 Å². The summed E-state index contributed by atoms with van der Waals surface area (Å²) in [4.78, 5) is 0. The van der Waals surface area contributed by atoms with Gasteiger partial charge in [0.1, 0.15) is 0 Å². The Morgan fingerprint density at radius 3 is 1.38 bits per heavy atom. The van der Waals surface area contributed by atoms with Gasteiger partial charge in [-0.05, 0) is 59.5 Å². The first kappa shape index (κ1) is 13.0. The maximum Gasteiger partial charge on any atom is 0.241 e. The zero-order valence-corrected chi connectivity index (χ0v) is 31.6. The predicted octanol–water partition coefficient (Wildman–Crippen LogP) is 5.25. The average molecular weight is 811 g/mol. The van der Waals surface area contributed by atoms with Crippen molar-refractivity contribution in [3.05, 3.63) is 247 Å². The molecule has 0 unspecified atom stereocenters. The standard InChI is InChI=1S/C55H43BSi2/c1-42-22-20-32-48(40-42)58(47-30-12-5-13-31-47)54-38-18-16-36-52(54)56(53-37-17-19-39-55(53)58)51-35-15-14-34-50(51)43-23-21-33-49(41-43)57(44-24-6-2-7-25-44,45-26-8-3-9-27-45)46-28-10-4-11-29-46/h2-41H,1H3/i2D,3D,4D,5D,6D,7D,8D,9D,10D,11D,12D,13D,14D,15D,16D,17D,18D,19D,20D,21D,22D,23D,24D,25D,26D,27D,28D,29D,30D,31D,32D,33D,34D,35D,36D,37D,38D,39D,40D,41D. The maximum absolute atomic E-state index is 10.7. The van der Waals surface area contributed by atoms with Crippen LogP contribution in [0.25, 0.3) is 11.1 Å². The highest BCUT2D eigenvalue weighted by atomic mass is 28.3. The average Bonchev–Trinajstić information content (AvgIpc) is 0.640. The summed E-state index contributed by atoms with van der Waals surface area (Å²) in [6, 6.07) is -52.6. The smallest absolute Gasteiger partial charge is 0.0683 e. The Morgan fingerprint density at radius 2 is 0.810 bits per heavy atom. The van der Waals surface area contributed by atoms with Crippen molar-refractivity contribution < 1.29 is 54.8 Å². The van der Waals surface area contributed by atoms with Crippen molar-refractivity contribution in [3.63, 3.8) is 0 Å². The summed E-state index contributed by atoms with van der Waals surface area (Å²) in [5.41, 5.74) is -6.70. The summed E-state index contributed by atoms with van der Waals surface area (Å²) in [5, 5.41) is -9.65. The molecule has 3 heteroatoms. The Balaban J connectivity index is 1.60. The quantitative estimate of drug-likeness (QED) is 0.146. The van der Waals surface area contributed by atoms with E-state index in [2.05, 4.69) is 0 Å². The molecule has 274 valence electrons. The van der Waals surface area contributed by atoms with Gasteiger partial charge < -0.3 is 0 Å². The minimum Gasteiger partial charge on any atom is -0.0683 e. The van der Waals surface area contributed by atoms with Crippen molar-refractivity contribution in [2.75, 3.05) is 0 Å². The van der Waals surface area contributed by atoms with Crippen LogP contribution in [0.4, 0.5) is 0 Å². The van der Waals surface area contributed by atoms with Gasteiger partial charge >= 0.3 is 0 Å². The molecule has 1 aliphatic heterocycles. The molecule has 0 saturated carbocycles. The lowest BCUT2D eigenvalue weighted by Crippen LogP contribution is -2.86. The fraction of sp³-hybridized carbons (Fsp3) is 0.0182. The van der Waals surface area contributed by atoms with Crippen molar-refractivity contribution in [3.8, 4) is 11.1 Å². The molecule has 0 aliphatic carbocycles. The van der Waals surface area contributed by atoms with E-state index in [1.807, 2.05) is 0 Å². The van der Waals surface area contributed by atoms with E-state index in [1.165, 1.54) is 0 Å². The van der Waals surface area contributed by atoms with Crippen LogP contribution in [0.1, 0.15) is 60.4 Å². The van der Waals surface area contributed by atoms with Gasteiger partial charge in [-0.3, -0.25) is 0 Å². The summed E-state index contributed by atoms with van der Waals surface area (Å²) >= 11 is 0. The lowest BCUT2D eigenvalue weighted by atomic mass is 9.35. The van der Waals surface area contributed by atoms with Gasteiger partial charge in [-0.25, -0.2) is 0 Å². The number of hydrogen-bond acceptors (Lipinski definition) is 0. The number of fused-ring (bicyclic) bond motifs is 2. The number of hydrogen-bond donors (Lipinski definition) is 0. The third kappa shape index (κ3) is 5.73. The van der Waals surface area contributed by atoms with E-state index in [-0.39, 0.29) is 0 Å². The first-order valence-corrected chi connectivity index (χ1v) is 21.1. The van der Waals surface area contributed by atoms with E-state index in [1.54, 1.807) is 0 Å². The molecule has 10 rings (SSSR count). The fourth-order valence-corrected chi connectivity index (χ4v) is 15.3. The molecule has 0 nitrogen and oxygen atoms in total. The molecular weight excluding hydrogens is 728 g/mol. The van der Waals surface area contributed by atoms with Crippen LogP contribution in [0.3, 0.4) is 0 Å². The first-order valence-electron chi connectivity index (χ1n) is 37.1. The molecule has 1 heterocycles. The molecule has 9 aromatic rings. The summed E-state index contributed by atoms with van der Waals surface area (Å²) in [7, 11) is -13.1. The van der Waals surface area contributed by atoms with Crippen molar-refractivity contribution >= 4 is 80.7 Å². The van der Waals surface area contributed by atoms with E-state index in [0.29, 0.717) is 0 Å². The summed E-state index contributed by atoms with van der Waals surface area (Å²) in [6.45, 7) is -1.67. The van der Waals surface area contributed by atoms with E-state index >= 15 is 0 Å². The minimum absolute atomic E-state index is 0.507. The second kappa shape index (κ2) is 15.1. The molecular formula is C55H43BSi2. The molecule has 0 N–H and O–H groups in total. The van der Waals surface area contributed by atoms with Gasteiger partial charge in [0.2, 0.25) is 6.71 Å². The second-order valence-corrected chi connectivity index (χ2v) is 19.5. The van der Waals surface area contributed by atoms with Crippen LogP contribution in [0.5, 0.6) is 0 Å². The normalized spacial score (nSPS) is 22.7. The van der Waals surface area contributed by atoms with Crippen LogP contribution in [0, 0.1) is 6.92 Å². The third-order valence-electron chi connectivity index (χ3n) is 9.64. The molecule has 0 radical (unpaired) electrons. The molecule has 0 aromatic heterocycles.